The van der Waals surface area contributed by atoms with E-state index in [-0.39, 0.29) is 0 Å². The Morgan fingerprint density at radius 3 is 2.62 bits per heavy atom. The van der Waals surface area contributed by atoms with E-state index in [9.17, 15) is 0 Å². The van der Waals surface area contributed by atoms with E-state index in [1.165, 1.54) is 19.5 Å². The Kier molecular flexibility index (Phi) is 6.16. The number of thioether (sulfide) groups is 1. The Bertz CT molecular complexity index is 196. The SMILES string of the molecule is CSC(C)CCN1CC(C(C)C)NCC1C. The maximum absolute atomic E-state index is 3.65. The second kappa shape index (κ2) is 6.87. The zero-order chi connectivity index (χ0) is 12.1. The molecule has 1 N–H and O–H groups in total. The van der Waals surface area contributed by atoms with E-state index < -0.39 is 0 Å². The molecule has 16 heavy (non-hydrogen) atoms. The molecule has 96 valence electrons. The van der Waals surface area contributed by atoms with Crippen LogP contribution in [-0.2, 0) is 0 Å². The van der Waals surface area contributed by atoms with Gasteiger partial charge in [-0.3, -0.25) is 4.90 Å². The average Bonchev–Trinajstić information content (AvgIpc) is 2.27. The molecule has 0 aromatic carbocycles. The third kappa shape index (κ3) is 4.27. The van der Waals surface area contributed by atoms with Crippen molar-refractivity contribution in [1.82, 2.24) is 10.2 Å². The fourth-order valence-electron chi connectivity index (χ4n) is 2.17. The van der Waals surface area contributed by atoms with Crippen LogP contribution in [0.5, 0.6) is 0 Å². The van der Waals surface area contributed by atoms with Gasteiger partial charge in [0.1, 0.15) is 0 Å². The lowest BCUT2D eigenvalue weighted by atomic mass is 9.99. The van der Waals surface area contributed by atoms with Gasteiger partial charge in [0.25, 0.3) is 0 Å². The van der Waals surface area contributed by atoms with E-state index in [2.05, 4.69) is 44.2 Å². The Morgan fingerprint density at radius 1 is 1.38 bits per heavy atom. The molecule has 1 heterocycles. The van der Waals surface area contributed by atoms with Crippen molar-refractivity contribution in [2.24, 2.45) is 5.92 Å². The summed E-state index contributed by atoms with van der Waals surface area (Å²) in [4.78, 5) is 2.66. The van der Waals surface area contributed by atoms with Gasteiger partial charge in [0.15, 0.2) is 0 Å². The van der Waals surface area contributed by atoms with Gasteiger partial charge in [0, 0.05) is 30.4 Å². The molecule has 1 aliphatic heterocycles. The first-order chi connectivity index (χ1) is 7.54. The Labute approximate surface area is 106 Å². The van der Waals surface area contributed by atoms with Crippen LogP contribution in [0.1, 0.15) is 34.1 Å². The van der Waals surface area contributed by atoms with Crippen molar-refractivity contribution in [2.45, 2.75) is 51.4 Å². The molecule has 0 aromatic heterocycles. The molecule has 3 atom stereocenters. The van der Waals surface area contributed by atoms with Crippen LogP contribution in [0.15, 0.2) is 0 Å². The molecule has 1 saturated heterocycles. The molecule has 2 nitrogen and oxygen atoms in total. The number of hydrogen-bond donors (Lipinski definition) is 1. The molecule has 0 spiro atoms. The Morgan fingerprint density at radius 2 is 2.06 bits per heavy atom. The van der Waals surface area contributed by atoms with Gasteiger partial charge >= 0.3 is 0 Å². The predicted molar refractivity (Wildman–Crippen MR) is 75.3 cm³/mol. The van der Waals surface area contributed by atoms with Crippen molar-refractivity contribution in [3.8, 4) is 0 Å². The molecule has 0 aromatic rings. The summed E-state index contributed by atoms with van der Waals surface area (Å²) < 4.78 is 0. The minimum absolute atomic E-state index is 0.681. The minimum atomic E-state index is 0.681. The molecule has 1 rings (SSSR count). The summed E-state index contributed by atoms with van der Waals surface area (Å²) in [6, 6.07) is 1.38. The monoisotopic (exact) mass is 244 g/mol. The van der Waals surface area contributed by atoms with E-state index in [4.69, 9.17) is 0 Å². The van der Waals surface area contributed by atoms with E-state index >= 15 is 0 Å². The number of piperazine rings is 1. The van der Waals surface area contributed by atoms with Gasteiger partial charge < -0.3 is 5.32 Å². The third-order valence-electron chi connectivity index (χ3n) is 3.76. The van der Waals surface area contributed by atoms with Gasteiger partial charge in [-0.15, -0.1) is 0 Å². The highest BCUT2D eigenvalue weighted by atomic mass is 32.2. The highest BCUT2D eigenvalue weighted by Gasteiger charge is 2.26. The van der Waals surface area contributed by atoms with Crippen molar-refractivity contribution in [1.29, 1.82) is 0 Å². The van der Waals surface area contributed by atoms with Gasteiger partial charge in [-0.1, -0.05) is 20.8 Å². The molecule has 0 radical (unpaired) electrons. The van der Waals surface area contributed by atoms with Gasteiger partial charge in [0.05, 0.1) is 0 Å². The van der Waals surface area contributed by atoms with E-state index in [1.807, 2.05) is 11.8 Å². The van der Waals surface area contributed by atoms with Crippen LogP contribution in [0, 0.1) is 5.92 Å². The summed E-state index contributed by atoms with van der Waals surface area (Å²) in [5, 5.41) is 4.44. The van der Waals surface area contributed by atoms with Crippen molar-refractivity contribution in [3.63, 3.8) is 0 Å². The maximum Gasteiger partial charge on any atom is 0.0218 e. The summed E-state index contributed by atoms with van der Waals surface area (Å²) in [6.45, 7) is 12.9. The van der Waals surface area contributed by atoms with Crippen LogP contribution in [0.25, 0.3) is 0 Å². The highest BCUT2D eigenvalue weighted by molar-refractivity contribution is 7.99. The minimum Gasteiger partial charge on any atom is -0.311 e. The van der Waals surface area contributed by atoms with Gasteiger partial charge in [-0.25, -0.2) is 0 Å². The third-order valence-corrected chi connectivity index (χ3v) is 4.80. The normalized spacial score (nSPS) is 29.6. The predicted octanol–water partition coefficient (Wildman–Crippen LogP) is 2.45. The average molecular weight is 244 g/mol. The van der Waals surface area contributed by atoms with Crippen LogP contribution in [0.2, 0.25) is 0 Å². The molecule has 1 fully saturated rings. The summed E-state index contributed by atoms with van der Waals surface area (Å²) in [5.74, 6) is 0.743. The second-order valence-corrected chi connectivity index (χ2v) is 6.71. The van der Waals surface area contributed by atoms with Gasteiger partial charge in [-0.2, -0.15) is 11.8 Å². The van der Waals surface area contributed by atoms with Crippen LogP contribution >= 0.6 is 11.8 Å². The molecule has 0 aliphatic carbocycles. The Balaban J connectivity index is 2.37. The van der Waals surface area contributed by atoms with E-state index in [1.54, 1.807) is 0 Å². The molecule has 0 amide bonds. The summed E-state index contributed by atoms with van der Waals surface area (Å²) >= 11 is 1.98. The second-order valence-electron chi connectivity index (χ2n) is 5.44. The number of rotatable bonds is 5. The number of hydrogen-bond acceptors (Lipinski definition) is 3. The van der Waals surface area contributed by atoms with E-state index in [0.717, 1.165) is 17.7 Å². The lowest BCUT2D eigenvalue weighted by molar-refractivity contribution is 0.122. The molecular weight excluding hydrogens is 216 g/mol. The first-order valence-corrected chi connectivity index (χ1v) is 7.83. The van der Waals surface area contributed by atoms with Crippen molar-refractivity contribution >= 4 is 11.8 Å². The fraction of sp³-hybridized carbons (Fsp3) is 1.00. The van der Waals surface area contributed by atoms with E-state index in [0.29, 0.717) is 12.1 Å². The Hall–Kier alpha value is 0.270. The van der Waals surface area contributed by atoms with Crippen LogP contribution in [-0.4, -0.2) is 48.1 Å². The fourth-order valence-corrected chi connectivity index (χ4v) is 2.51. The molecule has 3 unspecified atom stereocenters. The highest BCUT2D eigenvalue weighted by Crippen LogP contribution is 2.16. The summed E-state index contributed by atoms with van der Waals surface area (Å²) in [6.07, 6.45) is 3.53. The summed E-state index contributed by atoms with van der Waals surface area (Å²) in [5.41, 5.74) is 0. The van der Waals surface area contributed by atoms with Crippen LogP contribution in [0.3, 0.4) is 0 Å². The smallest absolute Gasteiger partial charge is 0.0218 e. The van der Waals surface area contributed by atoms with Crippen molar-refractivity contribution in [3.05, 3.63) is 0 Å². The lowest BCUT2D eigenvalue weighted by Gasteiger charge is -2.40. The maximum atomic E-state index is 3.65. The zero-order valence-corrected chi connectivity index (χ0v) is 12.3. The van der Waals surface area contributed by atoms with Gasteiger partial charge in [0.2, 0.25) is 0 Å². The molecular formula is C13H28N2S. The topological polar surface area (TPSA) is 15.3 Å². The molecule has 0 bridgehead atoms. The number of nitrogens with one attached hydrogen (secondary N) is 1. The summed E-state index contributed by atoms with van der Waals surface area (Å²) in [7, 11) is 0. The molecule has 0 saturated carbocycles. The van der Waals surface area contributed by atoms with Crippen LogP contribution < -0.4 is 5.32 Å². The molecule has 1 aliphatic rings. The lowest BCUT2D eigenvalue weighted by Crippen LogP contribution is -2.57. The zero-order valence-electron chi connectivity index (χ0n) is 11.5. The standard InChI is InChI=1S/C13H28N2S/c1-10(2)13-9-15(11(3)8-14-13)7-6-12(4)16-5/h10-14H,6-9H2,1-5H3. The molecule has 3 heteroatoms. The van der Waals surface area contributed by atoms with Gasteiger partial charge in [-0.05, 0) is 32.1 Å². The van der Waals surface area contributed by atoms with Crippen molar-refractivity contribution < 1.29 is 0 Å². The quantitative estimate of drug-likeness (QED) is 0.800. The van der Waals surface area contributed by atoms with Crippen LogP contribution in [0.4, 0.5) is 0 Å². The first-order valence-electron chi connectivity index (χ1n) is 6.54. The largest absolute Gasteiger partial charge is 0.311 e. The first kappa shape index (κ1) is 14.3. The number of nitrogens with zero attached hydrogens (tertiary/aromatic N) is 1. The van der Waals surface area contributed by atoms with Crippen molar-refractivity contribution in [2.75, 3.05) is 25.9 Å².